The van der Waals surface area contributed by atoms with Crippen molar-refractivity contribution < 1.29 is 4.79 Å². The molecule has 0 fully saturated rings. The van der Waals surface area contributed by atoms with Gasteiger partial charge in [0.05, 0.1) is 0 Å². The third-order valence-electron chi connectivity index (χ3n) is 4.48. The van der Waals surface area contributed by atoms with Gasteiger partial charge in [-0.1, -0.05) is 58.5 Å². The van der Waals surface area contributed by atoms with Crippen molar-refractivity contribution >= 4 is 23.5 Å². The van der Waals surface area contributed by atoms with Gasteiger partial charge in [0.25, 0.3) is 5.91 Å². The van der Waals surface area contributed by atoms with Gasteiger partial charge in [-0.3, -0.25) is 4.79 Å². The van der Waals surface area contributed by atoms with Gasteiger partial charge >= 0.3 is 0 Å². The summed E-state index contributed by atoms with van der Waals surface area (Å²) in [5, 5.41) is 3.76. The Balaban J connectivity index is 2.12. The van der Waals surface area contributed by atoms with Crippen LogP contribution in [-0.2, 0) is 5.75 Å². The average molecular weight is 415 g/mol. The fourth-order valence-corrected chi connectivity index (χ4v) is 3.59. The monoisotopic (exact) mass is 414 g/mol. The first-order chi connectivity index (χ1) is 13.8. The SMILES string of the molecule is CCCN(C)c1cc(C(C)C)nc(SCc2cccc(C(=O)NCC(C)C)c2)n1. The molecule has 158 valence electrons. The van der Waals surface area contributed by atoms with Crippen molar-refractivity contribution in [3.63, 3.8) is 0 Å². The molecule has 0 bridgehead atoms. The molecule has 29 heavy (non-hydrogen) atoms. The molecule has 1 amide bonds. The number of hydrogen-bond donors (Lipinski definition) is 1. The molecule has 1 heterocycles. The summed E-state index contributed by atoms with van der Waals surface area (Å²) < 4.78 is 0. The molecule has 0 unspecified atom stereocenters. The quantitative estimate of drug-likeness (QED) is 0.432. The lowest BCUT2D eigenvalue weighted by molar-refractivity contribution is 0.0949. The van der Waals surface area contributed by atoms with E-state index in [2.05, 4.69) is 57.9 Å². The van der Waals surface area contributed by atoms with Crippen LogP contribution in [-0.4, -0.2) is 36.0 Å². The minimum atomic E-state index is -0.0212. The fourth-order valence-electron chi connectivity index (χ4n) is 2.79. The van der Waals surface area contributed by atoms with Gasteiger partial charge in [0.1, 0.15) is 5.82 Å². The van der Waals surface area contributed by atoms with Crippen LogP contribution >= 0.6 is 11.8 Å². The van der Waals surface area contributed by atoms with Crippen LogP contribution in [0.25, 0.3) is 0 Å². The van der Waals surface area contributed by atoms with Gasteiger partial charge in [-0.25, -0.2) is 9.97 Å². The van der Waals surface area contributed by atoms with Gasteiger partial charge in [-0.15, -0.1) is 0 Å². The summed E-state index contributed by atoms with van der Waals surface area (Å²) in [5.41, 5.74) is 2.85. The van der Waals surface area contributed by atoms with E-state index < -0.39 is 0 Å². The van der Waals surface area contributed by atoms with Crippen molar-refractivity contribution in [2.24, 2.45) is 5.92 Å². The van der Waals surface area contributed by atoms with Crippen LogP contribution in [0.3, 0.4) is 0 Å². The number of hydrogen-bond acceptors (Lipinski definition) is 5. The number of anilines is 1. The van der Waals surface area contributed by atoms with Gasteiger partial charge < -0.3 is 10.2 Å². The van der Waals surface area contributed by atoms with E-state index in [-0.39, 0.29) is 5.91 Å². The second-order valence-corrected chi connectivity index (χ2v) is 9.05. The number of aromatic nitrogens is 2. The number of thioether (sulfide) groups is 1. The van der Waals surface area contributed by atoms with E-state index in [4.69, 9.17) is 9.97 Å². The third kappa shape index (κ3) is 7.35. The van der Waals surface area contributed by atoms with Crippen LogP contribution in [0.15, 0.2) is 35.5 Å². The Morgan fingerprint density at radius 1 is 1.17 bits per heavy atom. The van der Waals surface area contributed by atoms with Crippen LogP contribution in [0, 0.1) is 5.92 Å². The second-order valence-electron chi connectivity index (χ2n) is 8.10. The van der Waals surface area contributed by atoms with Gasteiger partial charge in [0, 0.05) is 43.2 Å². The Hall–Kier alpha value is -2.08. The predicted molar refractivity (Wildman–Crippen MR) is 123 cm³/mol. The zero-order valence-electron chi connectivity index (χ0n) is 18.5. The molecule has 1 aromatic carbocycles. The van der Waals surface area contributed by atoms with Gasteiger partial charge in [0.2, 0.25) is 0 Å². The first-order valence-corrected chi connectivity index (χ1v) is 11.4. The van der Waals surface area contributed by atoms with E-state index in [9.17, 15) is 4.79 Å². The van der Waals surface area contributed by atoms with Crippen molar-refractivity contribution in [3.05, 3.63) is 47.2 Å². The number of amides is 1. The van der Waals surface area contributed by atoms with Crippen molar-refractivity contribution in [1.82, 2.24) is 15.3 Å². The van der Waals surface area contributed by atoms with Crippen LogP contribution < -0.4 is 10.2 Å². The van der Waals surface area contributed by atoms with E-state index in [0.717, 1.165) is 41.0 Å². The molecule has 0 aliphatic rings. The maximum absolute atomic E-state index is 12.3. The molecule has 5 nitrogen and oxygen atoms in total. The molecule has 6 heteroatoms. The molecule has 0 saturated carbocycles. The Bertz CT molecular complexity index is 807. The lowest BCUT2D eigenvalue weighted by atomic mass is 10.1. The smallest absolute Gasteiger partial charge is 0.251 e. The van der Waals surface area contributed by atoms with Crippen LogP contribution in [0.5, 0.6) is 0 Å². The highest BCUT2D eigenvalue weighted by molar-refractivity contribution is 7.98. The van der Waals surface area contributed by atoms with Crippen LogP contribution in [0.2, 0.25) is 0 Å². The molecule has 0 spiro atoms. The lowest BCUT2D eigenvalue weighted by Crippen LogP contribution is -2.27. The maximum Gasteiger partial charge on any atom is 0.251 e. The fraction of sp³-hybridized carbons (Fsp3) is 0.522. The summed E-state index contributed by atoms with van der Waals surface area (Å²) in [7, 11) is 2.07. The molecule has 0 radical (unpaired) electrons. The predicted octanol–water partition coefficient (Wildman–Crippen LogP) is 5.12. The van der Waals surface area contributed by atoms with Gasteiger partial charge in [-0.2, -0.15) is 0 Å². The molecule has 0 aliphatic carbocycles. The molecule has 1 N–H and O–H groups in total. The van der Waals surface area contributed by atoms with Crippen molar-refractivity contribution in [2.45, 2.75) is 57.9 Å². The van der Waals surface area contributed by atoms with E-state index in [1.165, 1.54) is 0 Å². The van der Waals surface area contributed by atoms with E-state index in [0.29, 0.717) is 23.9 Å². The van der Waals surface area contributed by atoms with Crippen LogP contribution in [0.1, 0.15) is 68.6 Å². The average Bonchev–Trinajstić information content (AvgIpc) is 2.70. The van der Waals surface area contributed by atoms with E-state index in [1.54, 1.807) is 11.8 Å². The zero-order valence-corrected chi connectivity index (χ0v) is 19.3. The summed E-state index contributed by atoms with van der Waals surface area (Å²) in [6.45, 7) is 12.3. The molecular weight excluding hydrogens is 380 g/mol. The van der Waals surface area contributed by atoms with Crippen molar-refractivity contribution in [3.8, 4) is 0 Å². The van der Waals surface area contributed by atoms with Crippen molar-refractivity contribution in [2.75, 3.05) is 25.0 Å². The minimum Gasteiger partial charge on any atom is -0.360 e. The Morgan fingerprint density at radius 3 is 2.59 bits per heavy atom. The maximum atomic E-state index is 12.3. The lowest BCUT2D eigenvalue weighted by Gasteiger charge is -2.19. The Kier molecular flexibility index (Phi) is 8.96. The number of carbonyl (C=O) groups excluding carboxylic acids is 1. The molecule has 0 atom stereocenters. The number of nitrogens with zero attached hydrogens (tertiary/aromatic N) is 3. The van der Waals surface area contributed by atoms with Crippen LogP contribution in [0.4, 0.5) is 5.82 Å². The molecule has 1 aromatic heterocycles. The highest BCUT2D eigenvalue weighted by Gasteiger charge is 2.12. The van der Waals surface area contributed by atoms with Gasteiger partial charge in [0.15, 0.2) is 5.16 Å². The normalized spacial score (nSPS) is 11.2. The van der Waals surface area contributed by atoms with Crippen molar-refractivity contribution in [1.29, 1.82) is 0 Å². The number of nitrogens with one attached hydrogen (secondary N) is 1. The number of benzene rings is 1. The molecule has 0 aliphatic heterocycles. The minimum absolute atomic E-state index is 0.0212. The standard InChI is InChI=1S/C23H34N4OS/c1-7-11-27(6)21-13-20(17(4)5)25-23(26-21)29-15-18-9-8-10-19(12-18)22(28)24-14-16(2)3/h8-10,12-13,16-17H,7,11,14-15H2,1-6H3,(H,24,28). The summed E-state index contributed by atoms with van der Waals surface area (Å²) in [6, 6.07) is 9.88. The van der Waals surface area contributed by atoms with E-state index >= 15 is 0 Å². The third-order valence-corrected chi connectivity index (χ3v) is 5.40. The molecule has 0 saturated heterocycles. The zero-order chi connectivity index (χ0) is 21.4. The highest BCUT2D eigenvalue weighted by Crippen LogP contribution is 2.25. The first-order valence-electron chi connectivity index (χ1n) is 10.4. The Morgan fingerprint density at radius 2 is 1.93 bits per heavy atom. The molecule has 2 rings (SSSR count). The molecule has 2 aromatic rings. The number of rotatable bonds is 10. The largest absolute Gasteiger partial charge is 0.360 e. The molecular formula is C23H34N4OS. The topological polar surface area (TPSA) is 58.1 Å². The highest BCUT2D eigenvalue weighted by atomic mass is 32.2. The summed E-state index contributed by atoms with van der Waals surface area (Å²) >= 11 is 1.61. The summed E-state index contributed by atoms with van der Waals surface area (Å²) in [6.07, 6.45) is 1.08. The number of carbonyl (C=O) groups is 1. The second kappa shape index (κ2) is 11.2. The Labute approximate surface area is 179 Å². The van der Waals surface area contributed by atoms with Gasteiger partial charge in [-0.05, 0) is 36.0 Å². The van der Waals surface area contributed by atoms with E-state index in [1.807, 2.05) is 24.3 Å². The summed E-state index contributed by atoms with van der Waals surface area (Å²) in [4.78, 5) is 24.0. The first kappa shape index (κ1) is 23.2. The summed E-state index contributed by atoms with van der Waals surface area (Å²) in [5.74, 6) is 2.45.